The van der Waals surface area contributed by atoms with Crippen molar-refractivity contribution >= 4 is 26.6 Å². The molecule has 0 aliphatic rings. The predicted octanol–water partition coefficient (Wildman–Crippen LogP) is 2.18. The lowest BCUT2D eigenvalue weighted by Gasteiger charge is -2.20. The second-order valence-electron chi connectivity index (χ2n) is 5.83. The maximum atomic E-state index is 13.5. The van der Waals surface area contributed by atoms with Crippen LogP contribution in [0.5, 0.6) is 0 Å². The van der Waals surface area contributed by atoms with E-state index in [9.17, 15) is 27.7 Å². The van der Waals surface area contributed by atoms with Crippen LogP contribution in [-0.4, -0.2) is 34.2 Å². The summed E-state index contributed by atoms with van der Waals surface area (Å²) in [7, 11) is -4.19. The molecule has 0 spiro atoms. The van der Waals surface area contributed by atoms with Crippen molar-refractivity contribution in [1.29, 1.82) is 0 Å². The summed E-state index contributed by atoms with van der Waals surface area (Å²) in [6, 6.07) is 8.96. The number of benzene rings is 2. The Kier molecular flexibility index (Phi) is 5.21. The zero-order valence-electron chi connectivity index (χ0n) is 14.6. The quantitative estimate of drug-likeness (QED) is 0.494. The molecule has 0 aliphatic heterocycles. The fourth-order valence-corrected chi connectivity index (χ4v) is 4.12. The maximum absolute atomic E-state index is 13.5. The minimum absolute atomic E-state index is 0.00401. The number of nitrogens with zero attached hydrogens (tertiary/aromatic N) is 3. The van der Waals surface area contributed by atoms with Gasteiger partial charge in [-0.05, 0) is 24.3 Å². The van der Waals surface area contributed by atoms with Crippen molar-refractivity contribution in [3.63, 3.8) is 0 Å². The molecular weight excluding hydrogens is 391 g/mol. The standard InChI is InChI=1S/C17H15FN4O5S/c1-2-21(10-16-19-14-6-4-3-5-12(14)17(23)20-16)28(26,27)11-7-8-13(18)15(9-11)22(24)25/h3-9H,2,10H2,1H3,(H,19,20,23). The molecule has 1 heterocycles. The van der Waals surface area contributed by atoms with Gasteiger partial charge in [0.2, 0.25) is 15.8 Å². The average molecular weight is 406 g/mol. The number of hydrogen-bond donors (Lipinski definition) is 1. The van der Waals surface area contributed by atoms with Crippen molar-refractivity contribution < 1.29 is 17.7 Å². The van der Waals surface area contributed by atoms with Gasteiger partial charge in [-0.2, -0.15) is 8.70 Å². The van der Waals surface area contributed by atoms with Crippen LogP contribution in [0.3, 0.4) is 0 Å². The van der Waals surface area contributed by atoms with Gasteiger partial charge >= 0.3 is 5.69 Å². The van der Waals surface area contributed by atoms with Gasteiger partial charge in [0.1, 0.15) is 5.82 Å². The Bertz CT molecular complexity index is 1230. The Morgan fingerprint density at radius 2 is 1.96 bits per heavy atom. The number of para-hydroxylation sites is 1. The van der Waals surface area contributed by atoms with E-state index in [4.69, 9.17) is 0 Å². The van der Waals surface area contributed by atoms with Crippen molar-refractivity contribution in [2.75, 3.05) is 6.54 Å². The number of nitrogens with one attached hydrogen (secondary N) is 1. The summed E-state index contributed by atoms with van der Waals surface area (Å²) in [5.74, 6) is -1.02. The molecule has 3 aromatic rings. The fraction of sp³-hybridized carbons (Fsp3) is 0.176. The number of rotatable bonds is 6. The summed E-state index contributed by atoms with van der Waals surface area (Å²) < 4.78 is 40.2. The number of nitro benzene ring substituents is 1. The summed E-state index contributed by atoms with van der Waals surface area (Å²) in [6.07, 6.45) is 0. The van der Waals surface area contributed by atoms with Crippen molar-refractivity contribution in [3.05, 3.63) is 74.6 Å². The van der Waals surface area contributed by atoms with E-state index in [-0.39, 0.29) is 18.9 Å². The first-order valence-electron chi connectivity index (χ1n) is 8.16. The van der Waals surface area contributed by atoms with Gasteiger partial charge in [0, 0.05) is 12.6 Å². The molecule has 9 nitrogen and oxygen atoms in total. The van der Waals surface area contributed by atoms with Crippen LogP contribution >= 0.6 is 0 Å². The highest BCUT2D eigenvalue weighted by Gasteiger charge is 2.27. The molecular formula is C17H15FN4O5S. The molecule has 0 amide bonds. The first-order chi connectivity index (χ1) is 13.2. The van der Waals surface area contributed by atoms with Gasteiger partial charge in [0.15, 0.2) is 0 Å². The Balaban J connectivity index is 2.00. The first kappa shape index (κ1) is 19.6. The summed E-state index contributed by atoms with van der Waals surface area (Å²) in [5, 5.41) is 11.3. The van der Waals surface area contributed by atoms with Crippen LogP contribution in [0.1, 0.15) is 12.7 Å². The number of hydrogen-bond acceptors (Lipinski definition) is 6. The van der Waals surface area contributed by atoms with E-state index in [2.05, 4.69) is 9.97 Å². The molecule has 3 rings (SSSR count). The molecule has 0 saturated heterocycles. The lowest BCUT2D eigenvalue weighted by Crippen LogP contribution is -2.32. The second kappa shape index (κ2) is 7.44. The van der Waals surface area contributed by atoms with Crippen molar-refractivity contribution in [2.45, 2.75) is 18.4 Å². The van der Waals surface area contributed by atoms with Crippen LogP contribution in [-0.2, 0) is 16.6 Å². The molecule has 0 bridgehead atoms. The number of nitro groups is 1. The second-order valence-corrected chi connectivity index (χ2v) is 7.77. The van der Waals surface area contributed by atoms with Crippen LogP contribution < -0.4 is 5.56 Å². The van der Waals surface area contributed by atoms with Gasteiger partial charge in [-0.15, -0.1) is 0 Å². The average Bonchev–Trinajstić information content (AvgIpc) is 2.66. The lowest BCUT2D eigenvalue weighted by atomic mass is 10.2. The normalized spacial score (nSPS) is 11.8. The molecule has 11 heteroatoms. The fourth-order valence-electron chi connectivity index (χ4n) is 2.69. The zero-order chi connectivity index (χ0) is 20.5. The highest BCUT2D eigenvalue weighted by atomic mass is 32.2. The van der Waals surface area contributed by atoms with E-state index < -0.39 is 36.9 Å². The number of sulfonamides is 1. The van der Waals surface area contributed by atoms with E-state index in [1.807, 2.05) is 0 Å². The zero-order valence-corrected chi connectivity index (χ0v) is 15.4. The Hall–Kier alpha value is -3.18. The minimum atomic E-state index is -4.19. The SMILES string of the molecule is CCN(Cc1nc2ccccc2c(=O)[nH]1)S(=O)(=O)c1ccc(F)c([N+](=O)[O-])c1. The molecule has 28 heavy (non-hydrogen) atoms. The Morgan fingerprint density at radius 3 is 2.64 bits per heavy atom. The smallest absolute Gasteiger partial charge is 0.306 e. The van der Waals surface area contributed by atoms with Gasteiger partial charge in [-0.25, -0.2) is 13.4 Å². The number of aromatic amines is 1. The Labute approximate surface area is 158 Å². The number of aromatic nitrogens is 2. The summed E-state index contributed by atoms with van der Waals surface area (Å²) >= 11 is 0. The Morgan fingerprint density at radius 1 is 1.25 bits per heavy atom. The summed E-state index contributed by atoms with van der Waals surface area (Å²) in [4.78, 5) is 28.4. The molecule has 0 aliphatic carbocycles. The van der Waals surface area contributed by atoms with Gasteiger partial charge in [-0.1, -0.05) is 19.1 Å². The van der Waals surface area contributed by atoms with Gasteiger partial charge in [0.25, 0.3) is 5.56 Å². The topological polar surface area (TPSA) is 126 Å². The van der Waals surface area contributed by atoms with E-state index >= 15 is 0 Å². The van der Waals surface area contributed by atoms with Crippen molar-refractivity contribution in [1.82, 2.24) is 14.3 Å². The molecule has 1 aromatic heterocycles. The highest BCUT2D eigenvalue weighted by molar-refractivity contribution is 7.89. The summed E-state index contributed by atoms with van der Waals surface area (Å²) in [6.45, 7) is 1.31. The van der Waals surface area contributed by atoms with Crippen LogP contribution in [0.15, 0.2) is 52.2 Å². The van der Waals surface area contributed by atoms with Crippen LogP contribution in [0.2, 0.25) is 0 Å². The minimum Gasteiger partial charge on any atom is -0.309 e. The third kappa shape index (κ3) is 3.62. The lowest BCUT2D eigenvalue weighted by molar-refractivity contribution is -0.387. The summed E-state index contributed by atoms with van der Waals surface area (Å²) in [5.41, 5.74) is -0.937. The van der Waals surface area contributed by atoms with E-state index in [1.165, 1.54) is 0 Å². The number of H-pyrrole nitrogens is 1. The molecule has 0 unspecified atom stereocenters. The molecule has 0 radical (unpaired) electrons. The third-order valence-electron chi connectivity index (χ3n) is 4.09. The van der Waals surface area contributed by atoms with E-state index in [0.29, 0.717) is 17.0 Å². The van der Waals surface area contributed by atoms with E-state index in [0.717, 1.165) is 16.4 Å². The molecule has 2 aromatic carbocycles. The van der Waals surface area contributed by atoms with Crippen LogP contribution in [0.25, 0.3) is 10.9 Å². The monoisotopic (exact) mass is 406 g/mol. The van der Waals surface area contributed by atoms with Crippen LogP contribution in [0, 0.1) is 15.9 Å². The molecule has 0 saturated carbocycles. The highest BCUT2D eigenvalue weighted by Crippen LogP contribution is 2.24. The number of fused-ring (bicyclic) bond motifs is 1. The molecule has 1 N–H and O–H groups in total. The van der Waals surface area contributed by atoms with Gasteiger partial charge < -0.3 is 4.98 Å². The van der Waals surface area contributed by atoms with Crippen molar-refractivity contribution in [3.8, 4) is 0 Å². The predicted molar refractivity (Wildman–Crippen MR) is 98.7 cm³/mol. The van der Waals surface area contributed by atoms with E-state index in [1.54, 1.807) is 31.2 Å². The molecule has 0 atom stereocenters. The van der Waals surface area contributed by atoms with Crippen molar-refractivity contribution in [2.24, 2.45) is 0 Å². The molecule has 146 valence electrons. The first-order valence-corrected chi connectivity index (χ1v) is 9.60. The molecule has 0 fully saturated rings. The number of halogens is 1. The largest absolute Gasteiger partial charge is 0.309 e. The third-order valence-corrected chi connectivity index (χ3v) is 6.01. The maximum Gasteiger partial charge on any atom is 0.306 e. The van der Waals surface area contributed by atoms with Crippen LogP contribution in [0.4, 0.5) is 10.1 Å². The van der Waals surface area contributed by atoms with Gasteiger partial charge in [-0.3, -0.25) is 14.9 Å². The van der Waals surface area contributed by atoms with Gasteiger partial charge in [0.05, 0.1) is 27.3 Å².